The van der Waals surface area contributed by atoms with Crippen LogP contribution in [0.25, 0.3) is 0 Å². The van der Waals surface area contributed by atoms with E-state index in [9.17, 15) is 4.79 Å². The summed E-state index contributed by atoms with van der Waals surface area (Å²) in [5.74, 6) is 0.784. The van der Waals surface area contributed by atoms with Crippen molar-refractivity contribution < 1.29 is 9.53 Å². The highest BCUT2D eigenvalue weighted by Gasteiger charge is 1.96. The zero-order valence-electron chi connectivity index (χ0n) is 5.91. The maximum Gasteiger partial charge on any atom is 0.404 e. The Morgan fingerprint density at radius 3 is 3.18 bits per heavy atom. The smallest absolute Gasteiger partial charge is 0.404 e. The van der Waals surface area contributed by atoms with Gasteiger partial charge in [-0.05, 0) is 0 Å². The fourth-order valence-electron chi connectivity index (χ4n) is 0.683. The van der Waals surface area contributed by atoms with Gasteiger partial charge in [-0.3, -0.25) is 0 Å². The molecule has 60 valence electrons. The lowest BCUT2D eigenvalue weighted by atomic mass is 10.4. The highest BCUT2D eigenvalue weighted by molar-refractivity contribution is 5.64. The SMILES string of the molecule is NC(=O)OCCc1ncc[nH]1. The first-order valence-electron chi connectivity index (χ1n) is 3.19. The van der Waals surface area contributed by atoms with E-state index in [1.165, 1.54) is 0 Å². The van der Waals surface area contributed by atoms with Gasteiger partial charge in [0, 0.05) is 18.8 Å². The highest BCUT2D eigenvalue weighted by atomic mass is 16.5. The summed E-state index contributed by atoms with van der Waals surface area (Å²) >= 11 is 0. The second kappa shape index (κ2) is 3.60. The van der Waals surface area contributed by atoms with Crippen molar-refractivity contribution in [2.75, 3.05) is 6.61 Å². The molecule has 0 aliphatic carbocycles. The molecular formula is C6H9N3O2. The van der Waals surface area contributed by atoms with Crippen LogP contribution < -0.4 is 5.73 Å². The maximum atomic E-state index is 10.1. The van der Waals surface area contributed by atoms with Crippen LogP contribution in [0.15, 0.2) is 12.4 Å². The number of nitrogens with zero attached hydrogens (tertiary/aromatic N) is 1. The van der Waals surface area contributed by atoms with E-state index in [1.54, 1.807) is 12.4 Å². The lowest BCUT2D eigenvalue weighted by molar-refractivity contribution is 0.157. The zero-order valence-corrected chi connectivity index (χ0v) is 5.91. The van der Waals surface area contributed by atoms with Crippen LogP contribution in [0.5, 0.6) is 0 Å². The molecule has 1 rings (SSSR count). The average Bonchev–Trinajstić information content (AvgIpc) is 2.39. The van der Waals surface area contributed by atoms with Crippen LogP contribution in [-0.4, -0.2) is 22.7 Å². The number of aromatic nitrogens is 2. The summed E-state index contributed by atoms with van der Waals surface area (Å²) in [5.41, 5.74) is 4.74. The summed E-state index contributed by atoms with van der Waals surface area (Å²) in [6, 6.07) is 0. The molecule has 5 heteroatoms. The second-order valence-corrected chi connectivity index (χ2v) is 1.95. The monoisotopic (exact) mass is 155 g/mol. The summed E-state index contributed by atoms with van der Waals surface area (Å²) in [6.07, 6.45) is 3.16. The number of nitrogens with two attached hydrogens (primary N) is 1. The molecule has 0 unspecified atom stereocenters. The van der Waals surface area contributed by atoms with E-state index in [1.807, 2.05) is 0 Å². The number of carbonyl (C=O) groups excluding carboxylic acids is 1. The molecule has 0 bridgehead atoms. The molecule has 0 fully saturated rings. The van der Waals surface area contributed by atoms with E-state index in [-0.39, 0.29) is 6.61 Å². The number of imidazole rings is 1. The van der Waals surface area contributed by atoms with Crippen LogP contribution >= 0.6 is 0 Å². The van der Waals surface area contributed by atoms with Gasteiger partial charge in [-0.15, -0.1) is 0 Å². The van der Waals surface area contributed by atoms with Gasteiger partial charge in [0.15, 0.2) is 0 Å². The van der Waals surface area contributed by atoms with Crippen LogP contribution in [0.4, 0.5) is 4.79 Å². The fraction of sp³-hybridized carbons (Fsp3) is 0.333. The van der Waals surface area contributed by atoms with Crippen LogP contribution in [-0.2, 0) is 11.2 Å². The Balaban J connectivity index is 2.19. The van der Waals surface area contributed by atoms with Gasteiger partial charge in [-0.25, -0.2) is 9.78 Å². The summed E-state index contributed by atoms with van der Waals surface area (Å²) in [5, 5.41) is 0. The molecular weight excluding hydrogens is 146 g/mol. The van der Waals surface area contributed by atoms with Crippen molar-refractivity contribution in [2.24, 2.45) is 5.73 Å². The lowest BCUT2D eigenvalue weighted by Gasteiger charge is -1.97. The van der Waals surface area contributed by atoms with E-state index in [0.717, 1.165) is 5.82 Å². The maximum absolute atomic E-state index is 10.1. The third kappa shape index (κ3) is 2.70. The van der Waals surface area contributed by atoms with Crippen LogP contribution in [0.1, 0.15) is 5.82 Å². The van der Waals surface area contributed by atoms with E-state index in [2.05, 4.69) is 14.7 Å². The van der Waals surface area contributed by atoms with Gasteiger partial charge in [0.25, 0.3) is 0 Å². The quantitative estimate of drug-likeness (QED) is 0.647. The number of aromatic amines is 1. The number of primary amides is 1. The Morgan fingerprint density at radius 1 is 1.82 bits per heavy atom. The molecule has 0 saturated carbocycles. The molecule has 0 radical (unpaired) electrons. The molecule has 5 nitrogen and oxygen atoms in total. The summed E-state index contributed by atoms with van der Waals surface area (Å²) < 4.78 is 4.49. The molecule has 1 aromatic heterocycles. The van der Waals surface area contributed by atoms with Crippen molar-refractivity contribution in [3.63, 3.8) is 0 Å². The first-order chi connectivity index (χ1) is 5.29. The Bertz CT molecular complexity index is 220. The highest BCUT2D eigenvalue weighted by Crippen LogP contribution is 1.89. The minimum atomic E-state index is -0.753. The van der Waals surface area contributed by atoms with Gasteiger partial charge in [0.2, 0.25) is 0 Å². The number of amides is 1. The number of ether oxygens (including phenoxy) is 1. The van der Waals surface area contributed by atoms with Gasteiger partial charge in [-0.1, -0.05) is 0 Å². The molecule has 3 N–H and O–H groups in total. The summed E-state index contributed by atoms with van der Waals surface area (Å²) in [4.78, 5) is 16.9. The predicted octanol–water partition coefficient (Wildman–Crippen LogP) is 0.0475. The summed E-state index contributed by atoms with van der Waals surface area (Å²) in [7, 11) is 0. The fourth-order valence-corrected chi connectivity index (χ4v) is 0.683. The van der Waals surface area contributed by atoms with Crippen molar-refractivity contribution in [3.05, 3.63) is 18.2 Å². The van der Waals surface area contributed by atoms with Crippen molar-refractivity contribution in [1.29, 1.82) is 0 Å². The first-order valence-corrected chi connectivity index (χ1v) is 3.19. The molecule has 0 aliphatic heterocycles. The van der Waals surface area contributed by atoms with Crippen molar-refractivity contribution in [2.45, 2.75) is 6.42 Å². The minimum Gasteiger partial charge on any atom is -0.449 e. The van der Waals surface area contributed by atoms with E-state index in [4.69, 9.17) is 5.73 Å². The van der Waals surface area contributed by atoms with Gasteiger partial charge < -0.3 is 15.5 Å². The van der Waals surface area contributed by atoms with Crippen LogP contribution in [0.3, 0.4) is 0 Å². The molecule has 1 heterocycles. The molecule has 0 aliphatic rings. The predicted molar refractivity (Wildman–Crippen MR) is 37.8 cm³/mol. The number of carbonyl (C=O) groups is 1. The third-order valence-electron chi connectivity index (χ3n) is 1.14. The van der Waals surface area contributed by atoms with Gasteiger partial charge in [0.1, 0.15) is 12.4 Å². The van der Waals surface area contributed by atoms with E-state index in [0.29, 0.717) is 6.42 Å². The molecule has 0 aromatic carbocycles. The third-order valence-corrected chi connectivity index (χ3v) is 1.14. The van der Waals surface area contributed by atoms with Crippen molar-refractivity contribution >= 4 is 6.09 Å². The molecule has 1 amide bonds. The number of nitrogens with one attached hydrogen (secondary N) is 1. The zero-order chi connectivity index (χ0) is 8.10. The molecule has 0 spiro atoms. The number of rotatable bonds is 3. The van der Waals surface area contributed by atoms with Gasteiger partial charge in [-0.2, -0.15) is 0 Å². The standard InChI is InChI=1S/C6H9N3O2/c7-6(10)11-4-1-5-8-2-3-9-5/h2-3H,1,4H2,(H2,7,10)(H,8,9). The van der Waals surface area contributed by atoms with E-state index >= 15 is 0 Å². The minimum absolute atomic E-state index is 0.267. The van der Waals surface area contributed by atoms with Crippen molar-refractivity contribution in [1.82, 2.24) is 9.97 Å². The second-order valence-electron chi connectivity index (χ2n) is 1.95. The number of H-pyrrole nitrogens is 1. The first kappa shape index (κ1) is 7.59. The topological polar surface area (TPSA) is 81.0 Å². The Morgan fingerprint density at radius 2 is 2.64 bits per heavy atom. The Labute approximate surface area is 63.6 Å². The molecule has 1 aromatic rings. The normalized spacial score (nSPS) is 9.45. The van der Waals surface area contributed by atoms with Crippen molar-refractivity contribution in [3.8, 4) is 0 Å². The largest absolute Gasteiger partial charge is 0.449 e. The lowest BCUT2D eigenvalue weighted by Crippen LogP contribution is -2.15. The van der Waals surface area contributed by atoms with Crippen LogP contribution in [0, 0.1) is 0 Å². The number of hydrogen-bond acceptors (Lipinski definition) is 3. The van der Waals surface area contributed by atoms with E-state index < -0.39 is 6.09 Å². The molecule has 0 saturated heterocycles. The Kier molecular flexibility index (Phi) is 2.48. The molecule has 11 heavy (non-hydrogen) atoms. The summed E-state index contributed by atoms with van der Waals surface area (Å²) in [6.45, 7) is 0.267. The average molecular weight is 155 g/mol. The van der Waals surface area contributed by atoms with Crippen LogP contribution in [0.2, 0.25) is 0 Å². The molecule has 0 atom stereocenters. The Hall–Kier alpha value is -1.52. The van der Waals surface area contributed by atoms with Gasteiger partial charge in [0.05, 0.1) is 0 Å². The number of hydrogen-bond donors (Lipinski definition) is 2. The van der Waals surface area contributed by atoms with Gasteiger partial charge >= 0.3 is 6.09 Å².